The lowest BCUT2D eigenvalue weighted by Crippen LogP contribution is -1.90. The SMILES string of the molecule is Cc1[nH]cnc1CSCCCSCc1nc[nH]c1C. The molecular formula is C13H20N4S2. The molecule has 104 valence electrons. The number of hydrogen-bond donors (Lipinski definition) is 2. The number of imidazole rings is 2. The standard InChI is InChI=1S/C13H20N4S2/c1-10-12(16-8-14-10)6-18-4-3-5-19-7-13-11(2)15-9-17-13/h8-9H,3-7H2,1-2H3,(H,14,16)(H,15,17). The molecule has 4 nitrogen and oxygen atoms in total. The maximum absolute atomic E-state index is 4.30. The van der Waals surface area contributed by atoms with E-state index in [0.717, 1.165) is 11.5 Å². The quantitative estimate of drug-likeness (QED) is 0.734. The van der Waals surface area contributed by atoms with Gasteiger partial charge in [0.2, 0.25) is 0 Å². The summed E-state index contributed by atoms with van der Waals surface area (Å²) >= 11 is 3.92. The molecule has 2 aromatic rings. The van der Waals surface area contributed by atoms with Crippen molar-refractivity contribution in [2.24, 2.45) is 0 Å². The third kappa shape index (κ3) is 4.62. The van der Waals surface area contributed by atoms with Crippen molar-refractivity contribution < 1.29 is 0 Å². The fraction of sp³-hybridized carbons (Fsp3) is 0.538. The minimum absolute atomic E-state index is 1.01. The van der Waals surface area contributed by atoms with Crippen molar-refractivity contribution in [3.05, 3.63) is 35.4 Å². The summed E-state index contributed by atoms with van der Waals surface area (Å²) < 4.78 is 0. The second-order valence-electron chi connectivity index (χ2n) is 4.41. The van der Waals surface area contributed by atoms with Gasteiger partial charge in [-0.25, -0.2) is 9.97 Å². The van der Waals surface area contributed by atoms with Crippen LogP contribution < -0.4 is 0 Å². The Kier molecular flexibility index (Phi) is 5.85. The van der Waals surface area contributed by atoms with Crippen LogP contribution in [0.2, 0.25) is 0 Å². The molecule has 0 aliphatic carbocycles. The Morgan fingerprint density at radius 2 is 1.37 bits per heavy atom. The van der Waals surface area contributed by atoms with Crippen LogP contribution in [0.1, 0.15) is 29.2 Å². The number of thioether (sulfide) groups is 2. The van der Waals surface area contributed by atoms with Crippen LogP contribution in [-0.2, 0) is 11.5 Å². The highest BCUT2D eigenvalue weighted by Gasteiger charge is 2.02. The van der Waals surface area contributed by atoms with Crippen molar-refractivity contribution in [3.8, 4) is 0 Å². The number of aromatic nitrogens is 4. The monoisotopic (exact) mass is 296 g/mol. The number of aromatic amines is 2. The maximum atomic E-state index is 4.30. The van der Waals surface area contributed by atoms with E-state index in [-0.39, 0.29) is 0 Å². The predicted octanol–water partition coefficient (Wildman–Crippen LogP) is 3.31. The summed E-state index contributed by atoms with van der Waals surface area (Å²) in [4.78, 5) is 14.8. The van der Waals surface area contributed by atoms with E-state index in [1.807, 2.05) is 23.5 Å². The molecule has 19 heavy (non-hydrogen) atoms. The smallest absolute Gasteiger partial charge is 0.0925 e. The van der Waals surface area contributed by atoms with Gasteiger partial charge in [0.05, 0.1) is 24.0 Å². The number of rotatable bonds is 8. The molecule has 0 amide bonds. The van der Waals surface area contributed by atoms with E-state index in [1.165, 1.54) is 40.7 Å². The number of nitrogens with zero attached hydrogens (tertiary/aromatic N) is 2. The first-order chi connectivity index (χ1) is 9.27. The van der Waals surface area contributed by atoms with Gasteiger partial charge in [0, 0.05) is 22.9 Å². The average molecular weight is 296 g/mol. The van der Waals surface area contributed by atoms with E-state index in [4.69, 9.17) is 0 Å². The zero-order valence-electron chi connectivity index (χ0n) is 11.4. The van der Waals surface area contributed by atoms with Crippen LogP contribution in [-0.4, -0.2) is 31.4 Å². The van der Waals surface area contributed by atoms with Crippen molar-refractivity contribution >= 4 is 23.5 Å². The maximum Gasteiger partial charge on any atom is 0.0925 e. The Morgan fingerprint density at radius 1 is 0.895 bits per heavy atom. The third-order valence-corrected chi connectivity index (χ3v) is 5.03. The summed E-state index contributed by atoms with van der Waals surface area (Å²) in [6, 6.07) is 0. The molecule has 6 heteroatoms. The van der Waals surface area contributed by atoms with E-state index in [1.54, 1.807) is 12.7 Å². The molecule has 0 aliphatic heterocycles. The molecule has 0 atom stereocenters. The van der Waals surface area contributed by atoms with E-state index >= 15 is 0 Å². The molecule has 0 unspecified atom stereocenters. The summed E-state index contributed by atoms with van der Waals surface area (Å²) in [7, 11) is 0. The Labute approximate surface area is 122 Å². The van der Waals surface area contributed by atoms with Gasteiger partial charge in [-0.3, -0.25) is 0 Å². The van der Waals surface area contributed by atoms with E-state index in [9.17, 15) is 0 Å². The van der Waals surface area contributed by atoms with Crippen LogP contribution in [0.4, 0.5) is 0 Å². The lowest BCUT2D eigenvalue weighted by molar-refractivity contribution is 1.10. The Bertz CT molecular complexity index is 448. The minimum Gasteiger partial charge on any atom is -0.348 e. The van der Waals surface area contributed by atoms with E-state index in [0.29, 0.717) is 0 Å². The first-order valence-electron chi connectivity index (χ1n) is 6.40. The zero-order chi connectivity index (χ0) is 13.5. The van der Waals surface area contributed by atoms with Crippen LogP contribution in [0.5, 0.6) is 0 Å². The van der Waals surface area contributed by atoms with Gasteiger partial charge in [-0.1, -0.05) is 0 Å². The molecule has 2 aromatic heterocycles. The van der Waals surface area contributed by atoms with Crippen molar-refractivity contribution in [2.75, 3.05) is 11.5 Å². The molecule has 2 N–H and O–H groups in total. The van der Waals surface area contributed by atoms with Gasteiger partial charge in [-0.05, 0) is 31.8 Å². The molecule has 2 rings (SSSR count). The van der Waals surface area contributed by atoms with Gasteiger partial charge < -0.3 is 9.97 Å². The van der Waals surface area contributed by atoms with Gasteiger partial charge >= 0.3 is 0 Å². The van der Waals surface area contributed by atoms with Crippen molar-refractivity contribution in [2.45, 2.75) is 31.8 Å². The van der Waals surface area contributed by atoms with Crippen LogP contribution in [0, 0.1) is 13.8 Å². The van der Waals surface area contributed by atoms with Gasteiger partial charge in [-0.2, -0.15) is 23.5 Å². The molecule has 2 heterocycles. The van der Waals surface area contributed by atoms with Gasteiger partial charge in [-0.15, -0.1) is 0 Å². The summed E-state index contributed by atoms with van der Waals surface area (Å²) in [5.74, 6) is 4.41. The second-order valence-corrected chi connectivity index (χ2v) is 6.62. The largest absolute Gasteiger partial charge is 0.348 e. The first kappa shape index (κ1) is 14.5. The lowest BCUT2D eigenvalue weighted by atomic mass is 10.4. The number of aryl methyl sites for hydroxylation is 2. The molecule has 0 bridgehead atoms. The first-order valence-corrected chi connectivity index (χ1v) is 8.71. The van der Waals surface area contributed by atoms with Crippen LogP contribution in [0.3, 0.4) is 0 Å². The molecular weight excluding hydrogens is 276 g/mol. The topological polar surface area (TPSA) is 57.4 Å². The van der Waals surface area contributed by atoms with Gasteiger partial charge in [0.1, 0.15) is 0 Å². The van der Waals surface area contributed by atoms with Gasteiger partial charge in [0.25, 0.3) is 0 Å². The number of H-pyrrole nitrogens is 2. The molecule has 0 saturated heterocycles. The highest BCUT2D eigenvalue weighted by atomic mass is 32.2. The number of nitrogens with one attached hydrogen (secondary N) is 2. The highest BCUT2D eigenvalue weighted by Crippen LogP contribution is 2.17. The van der Waals surface area contributed by atoms with Crippen LogP contribution >= 0.6 is 23.5 Å². The Balaban J connectivity index is 1.51. The van der Waals surface area contributed by atoms with Crippen molar-refractivity contribution in [3.63, 3.8) is 0 Å². The Hall–Kier alpha value is -0.880. The molecule has 0 spiro atoms. The summed E-state index contributed by atoms with van der Waals surface area (Å²) in [6.45, 7) is 4.15. The molecule has 0 fully saturated rings. The zero-order valence-corrected chi connectivity index (χ0v) is 13.0. The Morgan fingerprint density at radius 3 is 1.74 bits per heavy atom. The van der Waals surface area contributed by atoms with Crippen molar-refractivity contribution in [1.29, 1.82) is 0 Å². The molecule has 0 aromatic carbocycles. The van der Waals surface area contributed by atoms with Crippen LogP contribution in [0.15, 0.2) is 12.7 Å². The third-order valence-electron chi connectivity index (χ3n) is 2.92. The van der Waals surface area contributed by atoms with Gasteiger partial charge in [0.15, 0.2) is 0 Å². The highest BCUT2D eigenvalue weighted by molar-refractivity contribution is 7.99. The fourth-order valence-corrected chi connectivity index (χ4v) is 3.80. The fourth-order valence-electron chi connectivity index (χ4n) is 1.67. The van der Waals surface area contributed by atoms with E-state index in [2.05, 4.69) is 33.8 Å². The van der Waals surface area contributed by atoms with E-state index < -0.39 is 0 Å². The lowest BCUT2D eigenvalue weighted by Gasteiger charge is -2.01. The number of hydrogen-bond acceptors (Lipinski definition) is 4. The normalized spacial score (nSPS) is 11.1. The van der Waals surface area contributed by atoms with Crippen LogP contribution in [0.25, 0.3) is 0 Å². The summed E-state index contributed by atoms with van der Waals surface area (Å²) in [6.07, 6.45) is 4.78. The average Bonchev–Trinajstić information content (AvgIpc) is 2.98. The molecule has 0 radical (unpaired) electrons. The molecule has 0 saturated carbocycles. The van der Waals surface area contributed by atoms with Crippen molar-refractivity contribution in [1.82, 2.24) is 19.9 Å². The second kappa shape index (κ2) is 7.65. The summed E-state index contributed by atoms with van der Waals surface area (Å²) in [5, 5.41) is 0. The summed E-state index contributed by atoms with van der Waals surface area (Å²) in [5.41, 5.74) is 4.75. The minimum atomic E-state index is 1.01. The predicted molar refractivity (Wildman–Crippen MR) is 83.6 cm³/mol. The molecule has 0 aliphatic rings.